The van der Waals surface area contributed by atoms with Crippen LogP contribution in [0.25, 0.3) is 0 Å². The second-order valence-electron chi connectivity index (χ2n) is 8.61. The molecule has 0 saturated heterocycles. The first-order valence-corrected chi connectivity index (χ1v) is 13.3. The van der Waals surface area contributed by atoms with Crippen LogP contribution in [-0.4, -0.2) is 50.1 Å². The topological polar surface area (TPSA) is 145 Å². The van der Waals surface area contributed by atoms with Gasteiger partial charge in [0.1, 0.15) is 12.4 Å². The summed E-state index contributed by atoms with van der Waals surface area (Å²) >= 11 is 0. The van der Waals surface area contributed by atoms with E-state index in [-0.39, 0.29) is 29.6 Å². The summed E-state index contributed by atoms with van der Waals surface area (Å²) in [6, 6.07) is 12.3. The Hall–Kier alpha value is -3.40. The van der Waals surface area contributed by atoms with Crippen LogP contribution in [0.4, 0.5) is 11.4 Å². The molecule has 9 nitrogen and oxygen atoms in total. The average Bonchev–Trinajstić information content (AvgIpc) is 2.84. The second-order valence-corrected chi connectivity index (χ2v) is 10.6. The van der Waals surface area contributed by atoms with Crippen molar-refractivity contribution in [1.29, 1.82) is 5.41 Å². The molecule has 1 aliphatic heterocycles. The zero-order valence-corrected chi connectivity index (χ0v) is 20.7. The number of amides is 1. The number of sulfonamides is 1. The third kappa shape index (κ3) is 6.39. The molecule has 1 aliphatic rings. The monoisotopic (exact) mass is 500 g/mol. The highest BCUT2D eigenvalue weighted by Crippen LogP contribution is 2.38. The van der Waals surface area contributed by atoms with Crippen LogP contribution in [0.3, 0.4) is 0 Å². The van der Waals surface area contributed by atoms with Crippen LogP contribution in [0.15, 0.2) is 42.5 Å². The van der Waals surface area contributed by atoms with Crippen LogP contribution in [0.5, 0.6) is 0 Å². The molecule has 1 amide bonds. The number of aliphatic carboxylic acids is 1. The predicted octanol–water partition coefficient (Wildman–Crippen LogP) is 2.90. The van der Waals surface area contributed by atoms with Gasteiger partial charge < -0.3 is 15.7 Å². The Morgan fingerprint density at radius 3 is 2.51 bits per heavy atom. The molecule has 0 bridgehead atoms. The van der Waals surface area contributed by atoms with Gasteiger partial charge in [0.2, 0.25) is 15.9 Å². The number of carboxylic acids is 1. The molecule has 3 rings (SSSR count). The van der Waals surface area contributed by atoms with Crippen molar-refractivity contribution in [3.8, 4) is 0 Å². The van der Waals surface area contributed by atoms with E-state index in [2.05, 4.69) is 0 Å². The van der Waals surface area contributed by atoms with Crippen molar-refractivity contribution < 1.29 is 23.1 Å². The number of carboxylic acid groups (broad SMARTS) is 1. The fraction of sp³-hybridized carbons (Fsp3) is 0.400. The molecule has 10 heteroatoms. The molecule has 188 valence electrons. The Bertz CT molecular complexity index is 1190. The standard InChI is InChI=1S/C25H32N4O5S/c1-2-3-16-35(33,34)29(17-23(31)32)21-8-4-6-19-7-5-15-28(24(19)21)22(30)14-11-18-9-12-20(13-10-18)25(26)27/h4,6,8-10,12-13H,2-3,5,7,11,14-17H2,1H3,(H3,26,27)(H,31,32). The Kier molecular flexibility index (Phi) is 8.50. The number of nitrogens with zero attached hydrogens (tertiary/aromatic N) is 2. The van der Waals surface area contributed by atoms with Crippen LogP contribution in [0, 0.1) is 5.41 Å². The number of amidine groups is 1. The molecule has 1 heterocycles. The number of nitrogen functional groups attached to an aromatic ring is 1. The highest BCUT2D eigenvalue weighted by molar-refractivity contribution is 7.92. The van der Waals surface area contributed by atoms with E-state index < -0.39 is 22.5 Å². The summed E-state index contributed by atoms with van der Waals surface area (Å²) in [6.07, 6.45) is 3.16. The molecule has 0 aliphatic carbocycles. The molecule has 2 aromatic carbocycles. The van der Waals surface area contributed by atoms with Crippen molar-refractivity contribution in [3.63, 3.8) is 0 Å². The van der Waals surface area contributed by atoms with Crippen molar-refractivity contribution in [2.75, 3.05) is 28.0 Å². The van der Waals surface area contributed by atoms with E-state index in [1.807, 2.05) is 25.1 Å². The number of nitrogens with two attached hydrogens (primary N) is 1. The first-order chi connectivity index (χ1) is 16.6. The highest BCUT2D eigenvalue weighted by Gasteiger charge is 2.32. The van der Waals surface area contributed by atoms with E-state index in [4.69, 9.17) is 11.1 Å². The van der Waals surface area contributed by atoms with E-state index >= 15 is 0 Å². The number of hydrogen-bond acceptors (Lipinski definition) is 5. The smallest absolute Gasteiger partial charge is 0.324 e. The van der Waals surface area contributed by atoms with Gasteiger partial charge in [-0.1, -0.05) is 49.7 Å². The number of fused-ring (bicyclic) bond motifs is 1. The van der Waals surface area contributed by atoms with Crippen molar-refractivity contribution in [1.82, 2.24) is 0 Å². The van der Waals surface area contributed by atoms with E-state index in [9.17, 15) is 23.1 Å². The molecule has 4 N–H and O–H groups in total. The zero-order chi connectivity index (χ0) is 25.6. The molecular weight excluding hydrogens is 468 g/mol. The van der Waals surface area contributed by atoms with E-state index in [1.54, 1.807) is 29.2 Å². The summed E-state index contributed by atoms with van der Waals surface area (Å²) < 4.78 is 27.2. The van der Waals surface area contributed by atoms with Gasteiger partial charge in [-0.15, -0.1) is 0 Å². The van der Waals surface area contributed by atoms with Crippen LogP contribution in [-0.2, 0) is 32.5 Å². The van der Waals surface area contributed by atoms with Crippen molar-refractivity contribution in [2.24, 2.45) is 5.73 Å². The van der Waals surface area contributed by atoms with Crippen molar-refractivity contribution in [3.05, 3.63) is 59.2 Å². The minimum atomic E-state index is -3.89. The van der Waals surface area contributed by atoms with Gasteiger partial charge in [-0.3, -0.25) is 19.3 Å². The van der Waals surface area contributed by atoms with Gasteiger partial charge >= 0.3 is 5.97 Å². The first-order valence-electron chi connectivity index (χ1n) is 11.7. The maximum absolute atomic E-state index is 13.3. The summed E-state index contributed by atoms with van der Waals surface area (Å²) in [7, 11) is -3.89. The molecule has 0 atom stereocenters. The number of nitrogens with one attached hydrogen (secondary N) is 1. The van der Waals surface area contributed by atoms with Gasteiger partial charge in [0.05, 0.1) is 17.1 Å². The largest absolute Gasteiger partial charge is 0.480 e. The first kappa shape index (κ1) is 26.2. The van der Waals surface area contributed by atoms with Gasteiger partial charge in [0, 0.05) is 18.5 Å². The molecule has 0 radical (unpaired) electrons. The van der Waals surface area contributed by atoms with E-state index in [0.717, 1.165) is 21.9 Å². The van der Waals surface area contributed by atoms with Crippen LogP contribution >= 0.6 is 0 Å². The Balaban J connectivity index is 1.91. The number of para-hydroxylation sites is 1. The maximum Gasteiger partial charge on any atom is 0.324 e. The van der Waals surface area contributed by atoms with Gasteiger partial charge in [-0.05, 0) is 42.9 Å². The summed E-state index contributed by atoms with van der Waals surface area (Å²) in [5, 5.41) is 17.0. The second kappa shape index (κ2) is 11.4. The maximum atomic E-state index is 13.3. The molecule has 0 saturated carbocycles. The number of hydrogen-bond donors (Lipinski definition) is 3. The number of anilines is 2. The molecule has 0 unspecified atom stereocenters. The Morgan fingerprint density at radius 2 is 1.89 bits per heavy atom. The minimum Gasteiger partial charge on any atom is -0.480 e. The highest BCUT2D eigenvalue weighted by atomic mass is 32.2. The lowest BCUT2D eigenvalue weighted by Crippen LogP contribution is -2.41. The van der Waals surface area contributed by atoms with Crippen molar-refractivity contribution >= 4 is 39.1 Å². The summed E-state index contributed by atoms with van der Waals surface area (Å²) in [5.41, 5.74) is 8.57. The number of aryl methyl sites for hydroxylation is 2. The summed E-state index contributed by atoms with van der Waals surface area (Å²) in [6.45, 7) is 1.60. The van der Waals surface area contributed by atoms with Gasteiger partial charge in [-0.25, -0.2) is 8.42 Å². The lowest BCUT2D eigenvalue weighted by Gasteiger charge is -2.35. The molecule has 0 spiro atoms. The van der Waals surface area contributed by atoms with E-state index in [1.165, 1.54) is 0 Å². The Labute approximate surface area is 206 Å². The SMILES string of the molecule is CCCCS(=O)(=O)N(CC(=O)O)c1cccc2c1N(C(=O)CCc1ccc(C(=N)N)cc1)CCC2. The number of carbonyl (C=O) groups excluding carboxylic acids is 1. The van der Waals surface area contributed by atoms with Gasteiger partial charge in [0.15, 0.2) is 0 Å². The molecule has 2 aromatic rings. The molecular formula is C25H32N4O5S. The third-order valence-electron chi connectivity index (χ3n) is 6.03. The fourth-order valence-electron chi connectivity index (χ4n) is 4.21. The Morgan fingerprint density at radius 1 is 1.17 bits per heavy atom. The summed E-state index contributed by atoms with van der Waals surface area (Å²) in [4.78, 5) is 26.5. The van der Waals surface area contributed by atoms with Crippen molar-refractivity contribution in [2.45, 2.75) is 45.4 Å². The van der Waals surface area contributed by atoms with E-state index in [0.29, 0.717) is 43.5 Å². The molecule has 0 aromatic heterocycles. The van der Waals surface area contributed by atoms with Crippen LogP contribution in [0.2, 0.25) is 0 Å². The minimum absolute atomic E-state index is 0.0233. The van der Waals surface area contributed by atoms with Gasteiger partial charge in [0.25, 0.3) is 0 Å². The number of rotatable bonds is 11. The zero-order valence-electron chi connectivity index (χ0n) is 19.9. The lowest BCUT2D eigenvalue weighted by atomic mass is 9.99. The molecule has 0 fully saturated rings. The summed E-state index contributed by atoms with van der Waals surface area (Å²) in [5.74, 6) is -1.60. The third-order valence-corrected chi connectivity index (χ3v) is 7.83. The van der Waals surface area contributed by atoms with Gasteiger partial charge in [-0.2, -0.15) is 0 Å². The normalized spacial score (nSPS) is 13.2. The molecule has 35 heavy (non-hydrogen) atoms. The number of carbonyl (C=O) groups is 2. The van der Waals surface area contributed by atoms with Crippen LogP contribution in [0.1, 0.15) is 49.3 Å². The quantitative estimate of drug-likeness (QED) is 0.320. The van der Waals surface area contributed by atoms with Crippen LogP contribution < -0.4 is 14.9 Å². The average molecular weight is 501 g/mol. The lowest BCUT2D eigenvalue weighted by molar-refractivity contribution is -0.135. The predicted molar refractivity (Wildman–Crippen MR) is 137 cm³/mol. The number of unbranched alkanes of at least 4 members (excludes halogenated alkanes) is 1. The number of benzene rings is 2. The fourth-order valence-corrected chi connectivity index (χ4v) is 5.84.